The zero-order valence-electron chi connectivity index (χ0n) is 12.0. The molecule has 1 amide bonds. The summed E-state index contributed by atoms with van der Waals surface area (Å²) in [6, 6.07) is 9.60. The highest BCUT2D eigenvalue weighted by molar-refractivity contribution is 5.95. The number of amides is 1. The van der Waals surface area contributed by atoms with Gasteiger partial charge in [0.05, 0.1) is 5.41 Å². The van der Waals surface area contributed by atoms with Gasteiger partial charge in [-0.3, -0.25) is 4.79 Å². The van der Waals surface area contributed by atoms with Crippen LogP contribution in [0.25, 0.3) is 0 Å². The molecule has 4 nitrogen and oxygen atoms in total. The van der Waals surface area contributed by atoms with Crippen LogP contribution in [-0.2, 0) is 15.0 Å². The summed E-state index contributed by atoms with van der Waals surface area (Å²) in [6.07, 6.45) is 2.70. The number of carbonyl (C=O) groups is 2. The van der Waals surface area contributed by atoms with Crippen molar-refractivity contribution >= 4 is 11.9 Å². The van der Waals surface area contributed by atoms with Gasteiger partial charge < -0.3 is 10.4 Å². The van der Waals surface area contributed by atoms with Crippen LogP contribution in [0.3, 0.4) is 0 Å². The molecule has 2 N–H and O–H groups in total. The number of carboxylic acids is 1. The van der Waals surface area contributed by atoms with E-state index in [1.807, 2.05) is 37.3 Å². The van der Waals surface area contributed by atoms with Crippen LogP contribution < -0.4 is 5.32 Å². The van der Waals surface area contributed by atoms with Crippen molar-refractivity contribution in [2.75, 3.05) is 0 Å². The van der Waals surface area contributed by atoms with Crippen molar-refractivity contribution in [2.24, 2.45) is 0 Å². The molecule has 2 rings (SSSR count). The van der Waals surface area contributed by atoms with Gasteiger partial charge in [0.15, 0.2) is 0 Å². The van der Waals surface area contributed by atoms with Gasteiger partial charge in [0.25, 0.3) is 0 Å². The Bertz CT molecular complexity index is 508. The van der Waals surface area contributed by atoms with Crippen molar-refractivity contribution in [3.63, 3.8) is 0 Å². The third-order valence-corrected chi connectivity index (χ3v) is 4.12. The lowest BCUT2D eigenvalue weighted by Crippen LogP contribution is -2.54. The zero-order valence-corrected chi connectivity index (χ0v) is 12.0. The van der Waals surface area contributed by atoms with Crippen molar-refractivity contribution in [2.45, 2.75) is 50.5 Å². The quantitative estimate of drug-likeness (QED) is 0.838. The van der Waals surface area contributed by atoms with Gasteiger partial charge in [0.1, 0.15) is 5.54 Å². The number of hydrogen-bond acceptors (Lipinski definition) is 2. The van der Waals surface area contributed by atoms with Crippen LogP contribution in [0, 0.1) is 0 Å². The molecule has 0 bridgehead atoms. The second-order valence-corrected chi connectivity index (χ2v) is 5.79. The summed E-state index contributed by atoms with van der Waals surface area (Å²) in [6.45, 7) is 3.50. The predicted octanol–water partition coefficient (Wildman–Crippen LogP) is 2.48. The van der Waals surface area contributed by atoms with Crippen LogP contribution in [0.4, 0.5) is 0 Å². The second-order valence-electron chi connectivity index (χ2n) is 5.79. The molecule has 0 saturated heterocycles. The molecule has 0 aromatic heterocycles. The lowest BCUT2D eigenvalue weighted by Gasteiger charge is -2.28. The summed E-state index contributed by atoms with van der Waals surface area (Å²) in [7, 11) is 0. The second kappa shape index (κ2) is 5.27. The van der Waals surface area contributed by atoms with E-state index in [4.69, 9.17) is 0 Å². The maximum Gasteiger partial charge on any atom is 0.329 e. The van der Waals surface area contributed by atoms with E-state index in [2.05, 4.69) is 5.32 Å². The van der Waals surface area contributed by atoms with E-state index < -0.39 is 16.9 Å². The van der Waals surface area contributed by atoms with Crippen molar-refractivity contribution in [3.8, 4) is 0 Å². The third kappa shape index (κ3) is 2.55. The molecule has 0 spiro atoms. The lowest BCUT2D eigenvalue weighted by atomic mass is 9.91. The number of carbonyl (C=O) groups excluding carboxylic acids is 1. The van der Waals surface area contributed by atoms with Gasteiger partial charge >= 0.3 is 5.97 Å². The highest BCUT2D eigenvalue weighted by Crippen LogP contribution is 2.48. The van der Waals surface area contributed by atoms with Gasteiger partial charge in [-0.15, -0.1) is 0 Å². The first kappa shape index (κ1) is 14.6. The Morgan fingerprint density at radius 3 is 2.35 bits per heavy atom. The van der Waals surface area contributed by atoms with E-state index in [-0.39, 0.29) is 5.91 Å². The number of carboxylic acid groups (broad SMARTS) is 1. The lowest BCUT2D eigenvalue weighted by molar-refractivity contribution is -0.147. The fourth-order valence-electron chi connectivity index (χ4n) is 2.62. The molecule has 108 valence electrons. The minimum absolute atomic E-state index is 0.165. The maximum absolute atomic E-state index is 12.5. The Balaban J connectivity index is 2.18. The van der Waals surface area contributed by atoms with Gasteiger partial charge in [-0.05, 0) is 31.7 Å². The maximum atomic E-state index is 12.5. The van der Waals surface area contributed by atoms with Crippen molar-refractivity contribution in [1.29, 1.82) is 0 Å². The minimum Gasteiger partial charge on any atom is -0.480 e. The van der Waals surface area contributed by atoms with E-state index >= 15 is 0 Å². The third-order valence-electron chi connectivity index (χ3n) is 4.12. The van der Waals surface area contributed by atoms with Crippen LogP contribution in [-0.4, -0.2) is 22.5 Å². The summed E-state index contributed by atoms with van der Waals surface area (Å²) in [4.78, 5) is 24.0. The normalized spacial score (nSPS) is 18.9. The van der Waals surface area contributed by atoms with E-state index in [0.29, 0.717) is 12.8 Å². The highest BCUT2D eigenvalue weighted by atomic mass is 16.4. The molecule has 0 aliphatic heterocycles. The van der Waals surface area contributed by atoms with E-state index in [9.17, 15) is 14.7 Å². The summed E-state index contributed by atoms with van der Waals surface area (Å²) in [5.74, 6) is -1.14. The van der Waals surface area contributed by atoms with Gasteiger partial charge in [-0.25, -0.2) is 4.79 Å². The number of benzene rings is 1. The topological polar surface area (TPSA) is 66.4 Å². The molecule has 1 atom stereocenters. The largest absolute Gasteiger partial charge is 0.480 e. The molecule has 0 radical (unpaired) electrons. The molecule has 1 aromatic rings. The van der Waals surface area contributed by atoms with Crippen molar-refractivity contribution in [3.05, 3.63) is 35.9 Å². The first-order chi connectivity index (χ1) is 9.44. The molecule has 1 unspecified atom stereocenters. The summed E-state index contributed by atoms with van der Waals surface area (Å²) in [5.41, 5.74) is -0.733. The summed E-state index contributed by atoms with van der Waals surface area (Å²) >= 11 is 0. The smallest absolute Gasteiger partial charge is 0.329 e. The summed E-state index contributed by atoms with van der Waals surface area (Å²) in [5, 5.41) is 12.1. The van der Waals surface area contributed by atoms with E-state index in [0.717, 1.165) is 18.4 Å². The van der Waals surface area contributed by atoms with Crippen LogP contribution in [0.1, 0.15) is 45.1 Å². The monoisotopic (exact) mass is 275 g/mol. The fraction of sp³-hybridized carbons (Fsp3) is 0.500. The predicted molar refractivity (Wildman–Crippen MR) is 76.4 cm³/mol. The number of rotatable bonds is 6. The average molecular weight is 275 g/mol. The molecule has 20 heavy (non-hydrogen) atoms. The van der Waals surface area contributed by atoms with Gasteiger partial charge in [-0.2, -0.15) is 0 Å². The van der Waals surface area contributed by atoms with Gasteiger partial charge in [0.2, 0.25) is 5.91 Å². The number of aliphatic carboxylic acids is 1. The molecule has 1 aliphatic carbocycles. The fourth-order valence-corrected chi connectivity index (χ4v) is 2.62. The molecule has 1 fully saturated rings. The molecular weight excluding hydrogens is 254 g/mol. The van der Waals surface area contributed by atoms with Crippen molar-refractivity contribution < 1.29 is 14.7 Å². The Labute approximate surface area is 119 Å². The zero-order chi connectivity index (χ0) is 14.8. The van der Waals surface area contributed by atoms with Crippen LogP contribution >= 0.6 is 0 Å². The van der Waals surface area contributed by atoms with E-state index in [1.165, 1.54) is 0 Å². The molecule has 0 heterocycles. The van der Waals surface area contributed by atoms with Crippen molar-refractivity contribution in [1.82, 2.24) is 5.32 Å². The highest BCUT2D eigenvalue weighted by Gasteiger charge is 2.53. The SMILES string of the molecule is CCCC(C)(NC(=O)C1(c2ccccc2)CC1)C(=O)O. The van der Waals surface area contributed by atoms with E-state index in [1.54, 1.807) is 6.92 Å². The first-order valence-electron chi connectivity index (χ1n) is 7.06. The Morgan fingerprint density at radius 1 is 1.30 bits per heavy atom. The Kier molecular flexibility index (Phi) is 3.84. The molecular formula is C16H21NO3. The standard InChI is InChI=1S/C16H21NO3/c1-3-9-15(2,14(19)20)17-13(18)16(10-11-16)12-7-5-4-6-8-12/h4-8H,3,9-11H2,1-2H3,(H,17,18)(H,19,20). The summed E-state index contributed by atoms with van der Waals surface area (Å²) < 4.78 is 0. The number of hydrogen-bond donors (Lipinski definition) is 2. The molecule has 1 aliphatic rings. The van der Waals surface area contributed by atoms with Gasteiger partial charge in [0, 0.05) is 0 Å². The van der Waals surface area contributed by atoms with Crippen LogP contribution in [0.5, 0.6) is 0 Å². The Morgan fingerprint density at radius 2 is 1.90 bits per heavy atom. The molecule has 4 heteroatoms. The Hall–Kier alpha value is -1.84. The van der Waals surface area contributed by atoms with Crippen LogP contribution in [0.15, 0.2) is 30.3 Å². The molecule has 1 aromatic carbocycles. The minimum atomic E-state index is -1.18. The van der Waals surface area contributed by atoms with Crippen LogP contribution in [0.2, 0.25) is 0 Å². The molecule has 1 saturated carbocycles. The number of nitrogens with one attached hydrogen (secondary N) is 1. The first-order valence-corrected chi connectivity index (χ1v) is 7.06. The van der Waals surface area contributed by atoms with Gasteiger partial charge in [-0.1, -0.05) is 43.7 Å². The average Bonchev–Trinajstić information content (AvgIpc) is 3.21.